The van der Waals surface area contributed by atoms with Crippen LogP contribution in [-0.4, -0.2) is 53.8 Å². The summed E-state index contributed by atoms with van der Waals surface area (Å²) >= 11 is 1.12. The van der Waals surface area contributed by atoms with Gasteiger partial charge >= 0.3 is 109 Å². The molecule has 1 heterocycles. The number of hydrogen-bond acceptors (Lipinski definition) is 2. The zero-order valence-electron chi connectivity index (χ0n) is 9.62. The quantitative estimate of drug-likeness (QED) is 0.663. The fraction of sp³-hybridized carbons (Fsp3) is 0.800. The van der Waals surface area contributed by atoms with Crippen molar-refractivity contribution >= 4 is 41.7 Å². The topological polar surface area (TPSA) is 58.2 Å². The first kappa shape index (κ1) is 14.0. The Bertz CT molecular complexity index is 235. The summed E-state index contributed by atoms with van der Waals surface area (Å²) in [6.45, 7) is 0. The van der Waals surface area contributed by atoms with Gasteiger partial charge in [0.25, 0.3) is 0 Å². The van der Waals surface area contributed by atoms with Gasteiger partial charge in [-0.1, -0.05) is 0 Å². The second-order valence-electron chi connectivity index (χ2n) is 3.69. The van der Waals surface area contributed by atoms with Crippen molar-refractivity contribution in [2.45, 2.75) is 47.2 Å². The molecule has 0 aromatic heterocycles. The number of carbonyl (C=O) groups is 2. The molecule has 0 spiro atoms. The molecule has 2 N–H and O–H groups in total. The second kappa shape index (κ2) is 7.33. The number of amides is 2. The standard InChI is InChI=1S/C10H18N2O2Se2/c1-15-5-3-7-9(13)12-8(4-6-16-2)10(14)11-7/h7-8H,3-6H2,1-2H3,(H,11,14)(H,12,13)/t7-,8-/m1/s1. The fourth-order valence-corrected chi connectivity index (χ4v) is 3.53. The van der Waals surface area contributed by atoms with Gasteiger partial charge in [-0.2, -0.15) is 0 Å². The first-order valence-corrected chi connectivity index (χ1v) is 11.1. The van der Waals surface area contributed by atoms with Crippen LogP contribution in [0.25, 0.3) is 0 Å². The van der Waals surface area contributed by atoms with Gasteiger partial charge in [0, 0.05) is 0 Å². The van der Waals surface area contributed by atoms with Crippen molar-refractivity contribution in [3.63, 3.8) is 0 Å². The molecule has 1 aliphatic heterocycles. The molecule has 0 aromatic carbocycles. The predicted molar refractivity (Wildman–Crippen MR) is 65.9 cm³/mol. The van der Waals surface area contributed by atoms with Gasteiger partial charge in [-0.3, -0.25) is 0 Å². The molecular weight excluding hydrogens is 338 g/mol. The number of piperazine rings is 1. The maximum absolute atomic E-state index is 11.7. The van der Waals surface area contributed by atoms with E-state index in [1.165, 1.54) is 0 Å². The molecule has 2 atom stereocenters. The van der Waals surface area contributed by atoms with Crippen LogP contribution in [0.3, 0.4) is 0 Å². The van der Waals surface area contributed by atoms with Crippen LogP contribution in [-0.2, 0) is 9.59 Å². The molecule has 0 bridgehead atoms. The monoisotopic (exact) mass is 358 g/mol. The first-order valence-electron chi connectivity index (χ1n) is 5.27. The molecule has 0 radical (unpaired) electrons. The summed E-state index contributed by atoms with van der Waals surface area (Å²) in [5.41, 5.74) is 0. The van der Waals surface area contributed by atoms with Crippen LogP contribution in [0.15, 0.2) is 0 Å². The molecule has 0 unspecified atom stereocenters. The van der Waals surface area contributed by atoms with Crippen molar-refractivity contribution in [1.82, 2.24) is 10.6 Å². The van der Waals surface area contributed by atoms with Crippen LogP contribution < -0.4 is 10.6 Å². The van der Waals surface area contributed by atoms with Gasteiger partial charge in [0.05, 0.1) is 0 Å². The van der Waals surface area contributed by atoms with Gasteiger partial charge in [0.1, 0.15) is 0 Å². The summed E-state index contributed by atoms with van der Waals surface area (Å²) in [7, 11) is 0. The van der Waals surface area contributed by atoms with Crippen molar-refractivity contribution in [2.24, 2.45) is 0 Å². The van der Waals surface area contributed by atoms with Gasteiger partial charge in [0.15, 0.2) is 0 Å². The summed E-state index contributed by atoms with van der Waals surface area (Å²) < 4.78 is 0. The molecule has 1 saturated heterocycles. The van der Waals surface area contributed by atoms with Crippen molar-refractivity contribution in [3.05, 3.63) is 0 Å². The normalized spacial score (nSPS) is 25.1. The third-order valence-electron chi connectivity index (χ3n) is 2.49. The Labute approximate surface area is 109 Å². The number of nitrogens with one attached hydrogen (secondary N) is 2. The molecule has 1 fully saturated rings. The predicted octanol–water partition coefficient (Wildman–Crippen LogP) is 0.0910. The van der Waals surface area contributed by atoms with Crippen LogP contribution in [0.1, 0.15) is 12.8 Å². The SMILES string of the molecule is C[Se]CC[C@H]1NC(=O)[C@@H](CC[Se]C)NC1=O. The number of hydrogen-bond donors (Lipinski definition) is 2. The Kier molecular flexibility index (Phi) is 6.44. The van der Waals surface area contributed by atoms with Crippen molar-refractivity contribution in [2.75, 3.05) is 0 Å². The third kappa shape index (κ3) is 4.10. The summed E-state index contributed by atoms with van der Waals surface area (Å²) in [4.78, 5) is 23.4. The van der Waals surface area contributed by atoms with E-state index in [1.54, 1.807) is 0 Å². The number of rotatable bonds is 6. The van der Waals surface area contributed by atoms with Crippen molar-refractivity contribution in [3.8, 4) is 0 Å². The van der Waals surface area contributed by atoms with Gasteiger partial charge in [-0.15, -0.1) is 0 Å². The van der Waals surface area contributed by atoms with E-state index in [4.69, 9.17) is 0 Å². The van der Waals surface area contributed by atoms with E-state index in [1.807, 2.05) is 0 Å². The Morgan fingerprint density at radius 2 is 1.31 bits per heavy atom. The van der Waals surface area contributed by atoms with Crippen molar-refractivity contribution < 1.29 is 9.59 Å². The summed E-state index contributed by atoms with van der Waals surface area (Å²) in [5.74, 6) is 4.28. The minimum atomic E-state index is -0.294. The average Bonchev–Trinajstić information content (AvgIpc) is 2.28. The first-order chi connectivity index (χ1) is 7.69. The van der Waals surface area contributed by atoms with E-state index in [-0.39, 0.29) is 23.9 Å². The second-order valence-corrected chi connectivity index (χ2v) is 7.82. The van der Waals surface area contributed by atoms with Crippen LogP contribution >= 0.6 is 0 Å². The van der Waals surface area contributed by atoms with Crippen LogP contribution in [0.5, 0.6) is 0 Å². The number of carbonyl (C=O) groups excluding carboxylic acids is 2. The maximum atomic E-state index is 11.7. The minimum absolute atomic E-state index is 0.00236. The molecule has 0 aliphatic carbocycles. The van der Waals surface area contributed by atoms with E-state index < -0.39 is 0 Å². The molecule has 4 nitrogen and oxygen atoms in total. The fourth-order valence-electron chi connectivity index (χ4n) is 1.55. The average molecular weight is 356 g/mol. The van der Waals surface area contributed by atoms with Gasteiger partial charge in [-0.25, -0.2) is 0 Å². The van der Waals surface area contributed by atoms with Gasteiger partial charge < -0.3 is 0 Å². The van der Waals surface area contributed by atoms with E-state index >= 15 is 0 Å². The Balaban J connectivity index is 2.43. The summed E-state index contributed by atoms with van der Waals surface area (Å²) in [5, 5.41) is 7.72. The van der Waals surface area contributed by atoms with Gasteiger partial charge in [-0.05, 0) is 0 Å². The van der Waals surface area contributed by atoms with E-state index in [0.29, 0.717) is 29.9 Å². The third-order valence-corrected chi connectivity index (χ3v) is 5.19. The molecular formula is C10H18N2O2Se2. The zero-order valence-corrected chi connectivity index (χ0v) is 13.0. The van der Waals surface area contributed by atoms with E-state index in [9.17, 15) is 9.59 Å². The molecule has 0 aromatic rings. The van der Waals surface area contributed by atoms with Crippen LogP contribution in [0, 0.1) is 0 Å². The Morgan fingerprint density at radius 1 is 0.938 bits per heavy atom. The van der Waals surface area contributed by atoms with Crippen LogP contribution in [0.2, 0.25) is 22.3 Å². The molecule has 6 heteroatoms. The summed E-state index contributed by atoms with van der Waals surface area (Å²) in [6.07, 6.45) is 1.55. The summed E-state index contributed by atoms with van der Waals surface area (Å²) in [6, 6.07) is -0.588. The van der Waals surface area contributed by atoms with E-state index in [0.717, 1.165) is 23.5 Å². The Morgan fingerprint density at radius 3 is 1.62 bits per heavy atom. The molecule has 2 amide bonds. The van der Waals surface area contributed by atoms with E-state index in [2.05, 4.69) is 22.3 Å². The van der Waals surface area contributed by atoms with Crippen molar-refractivity contribution in [1.29, 1.82) is 0 Å². The van der Waals surface area contributed by atoms with Gasteiger partial charge in [0.2, 0.25) is 0 Å². The molecule has 0 saturated carbocycles. The molecule has 92 valence electrons. The van der Waals surface area contributed by atoms with Crippen LogP contribution in [0.4, 0.5) is 0 Å². The Hall–Kier alpha value is -0.0210. The molecule has 1 aliphatic rings. The molecule has 1 rings (SSSR count). The molecule has 16 heavy (non-hydrogen) atoms. The zero-order chi connectivity index (χ0) is 12.0.